The molecule has 13 heteroatoms. The Kier molecular flexibility index (Phi) is 13.4. The molecule has 0 fully saturated rings. The zero-order chi connectivity index (χ0) is 22.4. The Balaban J connectivity index is 0.00000385. The molecule has 0 atom stereocenters. The van der Waals surface area contributed by atoms with E-state index in [4.69, 9.17) is 23.7 Å². The molecule has 0 aliphatic heterocycles. The van der Waals surface area contributed by atoms with E-state index in [2.05, 4.69) is 17.5 Å². The van der Waals surface area contributed by atoms with Crippen molar-refractivity contribution in [1.82, 2.24) is 17.5 Å². The summed E-state index contributed by atoms with van der Waals surface area (Å²) in [5, 5.41) is 0. The Morgan fingerprint density at radius 3 is 2.03 bits per heavy atom. The van der Waals surface area contributed by atoms with Crippen LogP contribution in [0.3, 0.4) is 0 Å². The number of methoxy groups -OCH3 is 1. The minimum Gasteiger partial charge on any atom is -1.00 e. The number of nitrogens with zero attached hydrogens (tertiary/aromatic N) is 5. The van der Waals surface area contributed by atoms with E-state index in [9.17, 15) is 0 Å². The van der Waals surface area contributed by atoms with Gasteiger partial charge in [0, 0.05) is 45.3 Å². The normalized spacial score (nSPS) is 10.6. The maximum absolute atomic E-state index is 5.79. The van der Waals surface area contributed by atoms with Crippen LogP contribution in [-0.4, -0.2) is 64.2 Å². The van der Waals surface area contributed by atoms with Crippen LogP contribution in [0.15, 0.2) is 24.5 Å². The van der Waals surface area contributed by atoms with Crippen LogP contribution in [0, 0.1) is 0 Å². The van der Waals surface area contributed by atoms with Gasteiger partial charge in [-0.15, -0.1) is 13.1 Å². The highest BCUT2D eigenvalue weighted by Crippen LogP contribution is 2.26. The average Bonchev–Trinajstić information content (AvgIpc) is 3.46. The monoisotopic (exact) mass is 609 g/mol. The maximum atomic E-state index is 5.79. The molecule has 0 saturated heterocycles. The number of hydrogen-bond acceptors (Lipinski definition) is 11. The molecular weight excluding hydrogens is 581 g/mol. The van der Waals surface area contributed by atoms with Gasteiger partial charge < -0.3 is 47.7 Å². The molecule has 3 heterocycles. The number of aromatic nitrogens is 5. The third-order valence-corrected chi connectivity index (χ3v) is 5.22. The van der Waals surface area contributed by atoms with Gasteiger partial charge >= 0.3 is 0 Å². The van der Waals surface area contributed by atoms with Crippen LogP contribution in [0.5, 0.6) is 17.6 Å². The fourth-order valence-electron chi connectivity index (χ4n) is 2.69. The Labute approximate surface area is 218 Å². The van der Waals surface area contributed by atoms with Crippen LogP contribution in [-0.2, 0) is 16.5 Å². The molecule has 0 amide bonds. The van der Waals surface area contributed by atoms with Gasteiger partial charge in [-0.3, -0.25) is 0 Å². The largest absolute Gasteiger partial charge is 1.00 e. The predicted molar refractivity (Wildman–Crippen MR) is 119 cm³/mol. The van der Waals surface area contributed by atoms with Crippen LogP contribution in [0.25, 0.3) is 11.3 Å². The first kappa shape index (κ1) is 27.6. The van der Waals surface area contributed by atoms with Gasteiger partial charge in [-0.05, 0) is 12.5 Å². The summed E-state index contributed by atoms with van der Waals surface area (Å²) < 4.78 is 46.1. The highest BCUT2D eigenvalue weighted by molar-refractivity contribution is 6.99. The molecule has 0 N–H and O–H groups in total. The summed E-state index contributed by atoms with van der Waals surface area (Å²) in [5.41, 5.74) is 1.76. The Hall–Kier alpha value is -1.68. The number of ether oxygens (including phenoxy) is 5. The van der Waals surface area contributed by atoms with E-state index in [-0.39, 0.29) is 24.0 Å². The van der Waals surface area contributed by atoms with Crippen molar-refractivity contribution in [2.24, 2.45) is 7.05 Å². The molecule has 0 spiro atoms. The van der Waals surface area contributed by atoms with E-state index in [1.807, 2.05) is 36.1 Å². The fourth-order valence-corrected chi connectivity index (χ4v) is 3.68. The number of rotatable bonds is 16. The van der Waals surface area contributed by atoms with Crippen molar-refractivity contribution in [2.75, 3.05) is 46.8 Å². The van der Waals surface area contributed by atoms with Crippen molar-refractivity contribution >= 4 is 23.5 Å². The minimum absolute atomic E-state index is 0. The zero-order valence-electron chi connectivity index (χ0n) is 18.6. The number of hydrogen-bond donors (Lipinski definition) is 0. The molecule has 0 unspecified atom stereocenters. The van der Waals surface area contributed by atoms with Crippen molar-refractivity contribution in [3.63, 3.8) is 0 Å². The third kappa shape index (κ3) is 9.60. The molecule has 0 bridgehead atoms. The lowest BCUT2D eigenvalue weighted by Crippen LogP contribution is -3.00. The minimum atomic E-state index is 0. The van der Waals surface area contributed by atoms with Crippen molar-refractivity contribution in [3.05, 3.63) is 24.5 Å². The number of halogens is 1. The van der Waals surface area contributed by atoms with E-state index in [0.717, 1.165) is 54.0 Å². The first-order chi connectivity index (χ1) is 15.8. The smallest absolute Gasteiger partial charge is 0.291 e. The second kappa shape index (κ2) is 16.0. The van der Waals surface area contributed by atoms with Crippen LogP contribution in [0.2, 0.25) is 0 Å². The standard InChI is InChI=1S/C20H28N5O5S2.HI/c1-25-8-3-7-16(15-25)17-18(22-31-21-17)29-13-5-11-27-9-4-10-28-12-6-14-30-20-19(26-2)23-32-24-20;/h3,7-8,15H,4-6,9-14H2,1-2H3;1H/q+1;/p-1. The molecule has 10 nitrogen and oxygen atoms in total. The van der Waals surface area contributed by atoms with Gasteiger partial charge in [0.15, 0.2) is 18.1 Å². The topological polar surface area (TPSA) is 102 Å². The Bertz CT molecular complexity index is 930. The summed E-state index contributed by atoms with van der Waals surface area (Å²) in [6.07, 6.45) is 6.37. The highest BCUT2D eigenvalue weighted by atomic mass is 127. The van der Waals surface area contributed by atoms with Gasteiger partial charge in [0.05, 0.1) is 49.3 Å². The summed E-state index contributed by atoms with van der Waals surface area (Å²) in [7, 11) is 3.52. The molecule has 0 aromatic carbocycles. The van der Waals surface area contributed by atoms with Crippen LogP contribution >= 0.6 is 23.5 Å². The first-order valence-corrected chi connectivity index (χ1v) is 11.8. The average molecular weight is 610 g/mol. The molecule has 33 heavy (non-hydrogen) atoms. The summed E-state index contributed by atoms with van der Waals surface area (Å²) >= 11 is 2.22. The van der Waals surface area contributed by atoms with Gasteiger partial charge in [-0.25, -0.2) is 4.57 Å². The lowest BCUT2D eigenvalue weighted by Gasteiger charge is -2.07. The second-order valence-corrected chi connectivity index (χ2v) is 7.79. The zero-order valence-corrected chi connectivity index (χ0v) is 22.4. The van der Waals surface area contributed by atoms with Gasteiger partial charge in [0.2, 0.25) is 0 Å². The fraction of sp³-hybridized carbons (Fsp3) is 0.550. The van der Waals surface area contributed by atoms with E-state index < -0.39 is 0 Å². The van der Waals surface area contributed by atoms with Crippen molar-refractivity contribution < 1.29 is 52.2 Å². The van der Waals surface area contributed by atoms with E-state index >= 15 is 0 Å². The van der Waals surface area contributed by atoms with Crippen LogP contribution in [0.1, 0.15) is 19.3 Å². The van der Waals surface area contributed by atoms with Gasteiger partial charge in [-0.1, -0.05) is 0 Å². The summed E-state index contributed by atoms with van der Waals surface area (Å²) in [6.45, 7) is 3.61. The predicted octanol–water partition coefficient (Wildman–Crippen LogP) is -0.445. The molecular formula is C20H28IN5O5S2. The molecule has 3 aromatic rings. The quantitative estimate of drug-likeness (QED) is 0.122. The Morgan fingerprint density at radius 1 is 0.788 bits per heavy atom. The molecule has 182 valence electrons. The SMILES string of the molecule is COc1nsnc1OCCCOCCCOCCCOc1nsnc1-c1ccc[n+](C)c1.[I-]. The summed E-state index contributed by atoms with van der Waals surface area (Å²) in [5.74, 6) is 1.43. The van der Waals surface area contributed by atoms with Crippen molar-refractivity contribution in [3.8, 4) is 28.9 Å². The van der Waals surface area contributed by atoms with Gasteiger partial charge in [-0.2, -0.15) is 4.37 Å². The highest BCUT2D eigenvalue weighted by Gasteiger charge is 2.14. The lowest BCUT2D eigenvalue weighted by atomic mass is 10.2. The van der Waals surface area contributed by atoms with E-state index in [1.165, 1.54) is 0 Å². The van der Waals surface area contributed by atoms with Crippen molar-refractivity contribution in [2.45, 2.75) is 19.3 Å². The van der Waals surface area contributed by atoms with Crippen LogP contribution in [0.4, 0.5) is 0 Å². The molecule has 0 aliphatic carbocycles. The summed E-state index contributed by atoms with van der Waals surface area (Å²) in [6, 6.07) is 3.97. The molecule has 3 rings (SSSR count). The van der Waals surface area contributed by atoms with Crippen molar-refractivity contribution in [1.29, 1.82) is 0 Å². The van der Waals surface area contributed by atoms with E-state index in [0.29, 0.717) is 57.3 Å². The number of pyridine rings is 1. The molecule has 0 saturated carbocycles. The van der Waals surface area contributed by atoms with Crippen LogP contribution < -0.4 is 42.8 Å². The maximum Gasteiger partial charge on any atom is 0.291 e. The van der Waals surface area contributed by atoms with Gasteiger partial charge in [0.25, 0.3) is 17.6 Å². The number of aryl methyl sites for hydroxylation is 1. The molecule has 0 radical (unpaired) electrons. The Morgan fingerprint density at radius 2 is 1.36 bits per heavy atom. The second-order valence-electron chi connectivity index (χ2n) is 6.74. The third-order valence-electron chi connectivity index (χ3n) is 4.22. The lowest BCUT2D eigenvalue weighted by molar-refractivity contribution is -0.671. The first-order valence-electron chi connectivity index (χ1n) is 10.3. The van der Waals surface area contributed by atoms with Gasteiger partial charge in [0.1, 0.15) is 7.05 Å². The van der Waals surface area contributed by atoms with E-state index in [1.54, 1.807) is 7.11 Å². The summed E-state index contributed by atoms with van der Waals surface area (Å²) in [4.78, 5) is 0. The molecule has 3 aromatic heterocycles. The molecule has 0 aliphatic rings.